The summed E-state index contributed by atoms with van der Waals surface area (Å²) < 4.78 is 0. The van der Waals surface area contributed by atoms with Crippen molar-refractivity contribution in [1.29, 1.82) is 0 Å². The highest BCUT2D eigenvalue weighted by Crippen LogP contribution is 2.18. The smallest absolute Gasteiger partial charge is 0.191 e. The van der Waals surface area contributed by atoms with Crippen LogP contribution in [0.1, 0.15) is 39.2 Å². The van der Waals surface area contributed by atoms with Crippen LogP contribution < -0.4 is 10.6 Å². The number of aliphatic imine (C=N–C) groups is 1. The number of guanidine groups is 1. The van der Waals surface area contributed by atoms with Gasteiger partial charge >= 0.3 is 0 Å². The Labute approximate surface area is 156 Å². The van der Waals surface area contributed by atoms with Crippen molar-refractivity contribution in [2.45, 2.75) is 46.1 Å². The lowest BCUT2D eigenvalue weighted by Gasteiger charge is -2.16. The van der Waals surface area contributed by atoms with Crippen LogP contribution in [-0.2, 0) is 6.42 Å². The zero-order valence-corrected chi connectivity index (χ0v) is 16.7. The number of para-hydroxylation sites is 1. The number of aromatic amines is 1. The van der Waals surface area contributed by atoms with Gasteiger partial charge in [0, 0.05) is 36.2 Å². The molecule has 0 spiro atoms. The van der Waals surface area contributed by atoms with E-state index in [0.29, 0.717) is 6.04 Å². The summed E-state index contributed by atoms with van der Waals surface area (Å²) in [6.45, 7) is 8.19. The first-order chi connectivity index (χ1) is 10.7. The second-order valence-corrected chi connectivity index (χ2v) is 5.68. The Morgan fingerprint density at radius 3 is 2.78 bits per heavy atom. The van der Waals surface area contributed by atoms with Gasteiger partial charge in [-0.1, -0.05) is 25.1 Å². The first-order valence-corrected chi connectivity index (χ1v) is 8.34. The van der Waals surface area contributed by atoms with Gasteiger partial charge in [-0.25, -0.2) is 0 Å². The minimum atomic E-state index is 0. The molecule has 1 unspecified atom stereocenters. The van der Waals surface area contributed by atoms with Gasteiger partial charge in [0.15, 0.2) is 5.96 Å². The normalized spacial score (nSPS) is 12.7. The maximum absolute atomic E-state index is 4.67. The second-order valence-electron chi connectivity index (χ2n) is 5.68. The second kappa shape index (κ2) is 10.5. The third-order valence-electron chi connectivity index (χ3n) is 3.89. The van der Waals surface area contributed by atoms with Crippen molar-refractivity contribution in [2.24, 2.45) is 4.99 Å². The molecule has 0 amide bonds. The van der Waals surface area contributed by atoms with E-state index >= 15 is 0 Å². The Kier molecular flexibility index (Phi) is 9.06. The molecule has 23 heavy (non-hydrogen) atoms. The molecule has 0 saturated heterocycles. The molecule has 1 aromatic carbocycles. The number of aryl methyl sites for hydroxylation is 1. The van der Waals surface area contributed by atoms with Crippen LogP contribution >= 0.6 is 24.0 Å². The van der Waals surface area contributed by atoms with Crippen LogP contribution in [0.15, 0.2) is 35.5 Å². The molecule has 0 radical (unpaired) electrons. The van der Waals surface area contributed by atoms with E-state index in [4.69, 9.17) is 0 Å². The number of hydrogen-bond acceptors (Lipinski definition) is 1. The molecule has 4 nitrogen and oxygen atoms in total. The predicted octanol–water partition coefficient (Wildman–Crippen LogP) is 4.07. The summed E-state index contributed by atoms with van der Waals surface area (Å²) in [6.07, 6.45) is 5.33. The van der Waals surface area contributed by atoms with Gasteiger partial charge in [0.2, 0.25) is 0 Å². The Balaban J connectivity index is 0.00000264. The first-order valence-electron chi connectivity index (χ1n) is 8.34. The molecule has 2 rings (SSSR count). The number of hydrogen-bond donors (Lipinski definition) is 3. The standard InChI is InChI=1S/C18H28N4.HI/c1-4-14(3)22-18(19-5-2)20-12-8-9-15-13-21-17-11-7-6-10-16(15)17;/h6-7,10-11,13-14,21H,4-5,8-9,12H2,1-3H3,(H2,19,20,22);1H. The fraction of sp³-hybridized carbons (Fsp3) is 0.500. The van der Waals surface area contributed by atoms with Crippen molar-refractivity contribution < 1.29 is 0 Å². The van der Waals surface area contributed by atoms with Crippen LogP contribution in [-0.4, -0.2) is 30.1 Å². The van der Waals surface area contributed by atoms with Crippen LogP contribution in [0, 0.1) is 0 Å². The number of fused-ring (bicyclic) bond motifs is 1. The molecule has 128 valence electrons. The van der Waals surface area contributed by atoms with E-state index in [0.717, 1.165) is 38.3 Å². The minimum Gasteiger partial charge on any atom is -0.361 e. The van der Waals surface area contributed by atoms with Gasteiger partial charge < -0.3 is 15.6 Å². The Bertz CT molecular complexity index is 606. The largest absolute Gasteiger partial charge is 0.361 e. The van der Waals surface area contributed by atoms with E-state index in [1.807, 2.05) is 0 Å². The van der Waals surface area contributed by atoms with Crippen molar-refractivity contribution in [3.05, 3.63) is 36.0 Å². The van der Waals surface area contributed by atoms with Gasteiger partial charge in [-0.15, -0.1) is 24.0 Å². The van der Waals surface area contributed by atoms with E-state index in [9.17, 15) is 0 Å². The van der Waals surface area contributed by atoms with Crippen LogP contribution in [0.5, 0.6) is 0 Å². The number of rotatable bonds is 7. The van der Waals surface area contributed by atoms with Gasteiger partial charge in [-0.05, 0) is 44.7 Å². The summed E-state index contributed by atoms with van der Waals surface area (Å²) in [7, 11) is 0. The van der Waals surface area contributed by atoms with Crippen molar-refractivity contribution in [3.8, 4) is 0 Å². The molecule has 0 aliphatic rings. The summed E-state index contributed by atoms with van der Waals surface area (Å²) in [6, 6.07) is 8.91. The number of halogens is 1. The van der Waals surface area contributed by atoms with E-state index < -0.39 is 0 Å². The van der Waals surface area contributed by atoms with Gasteiger partial charge in [-0.2, -0.15) is 0 Å². The van der Waals surface area contributed by atoms with Crippen molar-refractivity contribution in [3.63, 3.8) is 0 Å². The third kappa shape index (κ3) is 6.05. The molecule has 3 N–H and O–H groups in total. The summed E-state index contributed by atoms with van der Waals surface area (Å²) in [5.41, 5.74) is 2.60. The van der Waals surface area contributed by atoms with Gasteiger partial charge in [-0.3, -0.25) is 4.99 Å². The molecular formula is C18H29IN4. The van der Waals surface area contributed by atoms with Crippen LogP contribution in [0.3, 0.4) is 0 Å². The Hall–Kier alpha value is -1.24. The van der Waals surface area contributed by atoms with Gasteiger partial charge in [0.1, 0.15) is 0 Å². The average Bonchev–Trinajstić information content (AvgIpc) is 2.95. The number of nitrogens with one attached hydrogen (secondary N) is 3. The van der Waals surface area contributed by atoms with Crippen LogP contribution in [0.25, 0.3) is 10.9 Å². The van der Waals surface area contributed by atoms with Crippen LogP contribution in [0.4, 0.5) is 0 Å². The SMILES string of the molecule is CCNC(=NCCCc1c[nH]c2ccccc12)NC(C)CC.I. The van der Waals surface area contributed by atoms with Gasteiger partial charge in [0.05, 0.1) is 0 Å². The topological polar surface area (TPSA) is 52.2 Å². The number of nitrogens with zero attached hydrogens (tertiary/aromatic N) is 1. The van der Waals surface area contributed by atoms with E-state index in [2.05, 4.69) is 71.8 Å². The maximum Gasteiger partial charge on any atom is 0.191 e. The molecule has 2 aromatic rings. The number of aromatic nitrogens is 1. The quantitative estimate of drug-likeness (QED) is 0.270. The highest BCUT2D eigenvalue weighted by molar-refractivity contribution is 14.0. The molecular weight excluding hydrogens is 399 g/mol. The highest BCUT2D eigenvalue weighted by Gasteiger charge is 2.04. The average molecular weight is 428 g/mol. The number of benzene rings is 1. The number of H-pyrrole nitrogens is 1. The highest BCUT2D eigenvalue weighted by atomic mass is 127. The molecule has 0 aliphatic heterocycles. The maximum atomic E-state index is 4.67. The van der Waals surface area contributed by atoms with Gasteiger partial charge in [0.25, 0.3) is 0 Å². The molecule has 0 saturated carbocycles. The van der Waals surface area contributed by atoms with Crippen molar-refractivity contribution in [1.82, 2.24) is 15.6 Å². The predicted molar refractivity (Wildman–Crippen MR) is 111 cm³/mol. The Morgan fingerprint density at radius 1 is 1.26 bits per heavy atom. The molecule has 0 fully saturated rings. The monoisotopic (exact) mass is 428 g/mol. The molecule has 1 aromatic heterocycles. The van der Waals surface area contributed by atoms with E-state index in [1.165, 1.54) is 16.5 Å². The van der Waals surface area contributed by atoms with Crippen molar-refractivity contribution >= 4 is 40.8 Å². The van der Waals surface area contributed by atoms with Crippen molar-refractivity contribution in [2.75, 3.05) is 13.1 Å². The van der Waals surface area contributed by atoms with E-state index in [1.54, 1.807) is 0 Å². The summed E-state index contributed by atoms with van der Waals surface area (Å²) >= 11 is 0. The van der Waals surface area contributed by atoms with Crippen LogP contribution in [0.2, 0.25) is 0 Å². The fourth-order valence-electron chi connectivity index (χ4n) is 2.45. The van der Waals surface area contributed by atoms with E-state index in [-0.39, 0.29) is 24.0 Å². The fourth-order valence-corrected chi connectivity index (χ4v) is 2.45. The minimum absolute atomic E-state index is 0. The molecule has 1 atom stereocenters. The summed E-state index contributed by atoms with van der Waals surface area (Å²) in [5.74, 6) is 0.927. The summed E-state index contributed by atoms with van der Waals surface area (Å²) in [4.78, 5) is 8.00. The zero-order chi connectivity index (χ0) is 15.8. The lowest BCUT2D eigenvalue weighted by molar-refractivity contribution is 0.623. The lowest BCUT2D eigenvalue weighted by Crippen LogP contribution is -2.42. The molecule has 5 heteroatoms. The molecule has 0 bridgehead atoms. The molecule has 0 aliphatic carbocycles. The zero-order valence-electron chi connectivity index (χ0n) is 14.4. The Morgan fingerprint density at radius 2 is 2.04 bits per heavy atom. The first kappa shape index (κ1) is 19.8. The summed E-state index contributed by atoms with van der Waals surface area (Å²) in [5, 5.41) is 8.06. The lowest BCUT2D eigenvalue weighted by atomic mass is 10.1. The molecule has 1 heterocycles. The third-order valence-corrected chi connectivity index (χ3v) is 3.89.